The van der Waals surface area contributed by atoms with Gasteiger partial charge in [-0.1, -0.05) is 19.3 Å². The zero-order valence-electron chi connectivity index (χ0n) is 13.6. The molecule has 0 radical (unpaired) electrons. The smallest absolute Gasteiger partial charge is 0.348 e. The third-order valence-electron chi connectivity index (χ3n) is 4.52. The van der Waals surface area contributed by atoms with Crippen LogP contribution in [0.1, 0.15) is 41.8 Å². The van der Waals surface area contributed by atoms with Crippen molar-refractivity contribution in [3.05, 3.63) is 35.0 Å². The number of rotatable bonds is 4. The first kappa shape index (κ1) is 16.9. The number of fused-ring (bicyclic) bond motifs is 1. The van der Waals surface area contributed by atoms with Crippen LogP contribution in [0.25, 0.3) is 10.1 Å². The monoisotopic (exact) mass is 349 g/mol. The number of nitrogens with zero attached hydrogens (tertiary/aromatic N) is 1. The van der Waals surface area contributed by atoms with E-state index in [1.807, 2.05) is 0 Å². The Morgan fingerprint density at radius 2 is 2.00 bits per heavy atom. The van der Waals surface area contributed by atoms with Crippen LogP contribution in [0.4, 0.5) is 4.39 Å². The van der Waals surface area contributed by atoms with Crippen molar-refractivity contribution in [1.82, 2.24) is 4.90 Å². The van der Waals surface area contributed by atoms with Crippen LogP contribution >= 0.6 is 11.3 Å². The second-order valence-electron chi connectivity index (χ2n) is 6.17. The van der Waals surface area contributed by atoms with Crippen LogP contribution in [0, 0.1) is 5.82 Å². The Hall–Kier alpha value is -1.95. The topological polar surface area (TPSA) is 46.6 Å². The fourth-order valence-corrected chi connectivity index (χ4v) is 4.02. The molecule has 0 atom stereocenters. The first-order chi connectivity index (χ1) is 11.5. The zero-order valence-corrected chi connectivity index (χ0v) is 14.4. The Labute approximate surface area is 144 Å². The van der Waals surface area contributed by atoms with E-state index in [1.54, 1.807) is 24.1 Å². The van der Waals surface area contributed by atoms with Gasteiger partial charge < -0.3 is 9.64 Å². The number of carbonyl (C=O) groups is 2. The molecule has 0 aliphatic heterocycles. The molecular weight excluding hydrogens is 329 g/mol. The van der Waals surface area contributed by atoms with E-state index in [0.717, 1.165) is 30.4 Å². The normalized spacial score (nSPS) is 15.4. The lowest BCUT2D eigenvalue weighted by atomic mass is 9.94. The quantitative estimate of drug-likeness (QED) is 0.784. The molecule has 1 aliphatic rings. The van der Waals surface area contributed by atoms with E-state index in [9.17, 15) is 14.0 Å². The van der Waals surface area contributed by atoms with Crippen LogP contribution in [0.5, 0.6) is 0 Å². The van der Waals surface area contributed by atoms with Gasteiger partial charge >= 0.3 is 5.97 Å². The summed E-state index contributed by atoms with van der Waals surface area (Å²) in [4.78, 5) is 26.4. The summed E-state index contributed by atoms with van der Waals surface area (Å²) in [6.07, 6.45) is 5.52. The average Bonchev–Trinajstić information content (AvgIpc) is 3.02. The van der Waals surface area contributed by atoms with Gasteiger partial charge in [0.05, 0.1) is 0 Å². The summed E-state index contributed by atoms with van der Waals surface area (Å²) in [5.41, 5.74) is 0. The van der Waals surface area contributed by atoms with Gasteiger partial charge in [0.2, 0.25) is 0 Å². The van der Waals surface area contributed by atoms with Gasteiger partial charge in [0.25, 0.3) is 5.91 Å². The predicted molar refractivity (Wildman–Crippen MR) is 91.7 cm³/mol. The third-order valence-corrected chi connectivity index (χ3v) is 5.62. The van der Waals surface area contributed by atoms with Crippen LogP contribution in [0.15, 0.2) is 24.3 Å². The van der Waals surface area contributed by atoms with Crippen molar-refractivity contribution in [2.24, 2.45) is 0 Å². The molecule has 1 heterocycles. The standard InChI is InChI=1S/C18H20FNO3S/c1-20(14-5-3-2-4-6-14)17(21)11-23-18(22)16-10-12-9-13(19)7-8-15(12)24-16/h7-10,14H,2-6,11H2,1H3. The van der Waals surface area contributed by atoms with Crippen LogP contribution in [-0.2, 0) is 9.53 Å². The van der Waals surface area contributed by atoms with Crippen LogP contribution < -0.4 is 0 Å². The predicted octanol–water partition coefficient (Wildman–Crippen LogP) is 3.99. The van der Waals surface area contributed by atoms with Crippen molar-refractivity contribution in [3.8, 4) is 0 Å². The van der Waals surface area contributed by atoms with Gasteiger partial charge in [-0.2, -0.15) is 0 Å². The van der Waals surface area contributed by atoms with E-state index < -0.39 is 5.97 Å². The number of hydrogen-bond donors (Lipinski definition) is 0. The molecule has 0 N–H and O–H groups in total. The number of hydrogen-bond acceptors (Lipinski definition) is 4. The molecule has 6 heteroatoms. The van der Waals surface area contributed by atoms with Gasteiger partial charge in [-0.05, 0) is 42.5 Å². The van der Waals surface area contributed by atoms with Crippen LogP contribution in [0.2, 0.25) is 0 Å². The van der Waals surface area contributed by atoms with E-state index in [-0.39, 0.29) is 24.4 Å². The molecule has 0 spiro atoms. The molecule has 3 rings (SSSR count). The highest BCUT2D eigenvalue weighted by Gasteiger charge is 2.23. The molecule has 1 amide bonds. The van der Waals surface area contributed by atoms with Gasteiger partial charge in [-0.3, -0.25) is 4.79 Å². The van der Waals surface area contributed by atoms with E-state index in [1.165, 1.54) is 29.9 Å². The fraction of sp³-hybridized carbons (Fsp3) is 0.444. The Kier molecular flexibility index (Phi) is 5.14. The molecule has 0 saturated heterocycles. The maximum Gasteiger partial charge on any atom is 0.348 e. The largest absolute Gasteiger partial charge is 0.451 e. The molecule has 0 bridgehead atoms. The molecule has 1 fully saturated rings. The highest BCUT2D eigenvalue weighted by molar-refractivity contribution is 7.20. The van der Waals surface area contributed by atoms with Gasteiger partial charge in [0.15, 0.2) is 6.61 Å². The second-order valence-corrected chi connectivity index (χ2v) is 7.25. The number of likely N-dealkylation sites (N-methyl/N-ethyl adjacent to an activating group) is 1. The highest BCUT2D eigenvalue weighted by Crippen LogP contribution is 2.27. The zero-order chi connectivity index (χ0) is 17.1. The molecule has 128 valence electrons. The molecule has 1 aliphatic carbocycles. The Morgan fingerprint density at radius 1 is 1.25 bits per heavy atom. The summed E-state index contributed by atoms with van der Waals surface area (Å²) in [6.45, 7) is -0.256. The number of thiophene rings is 1. The number of ether oxygens (including phenoxy) is 1. The number of benzene rings is 1. The fourth-order valence-electron chi connectivity index (χ4n) is 3.09. The molecule has 24 heavy (non-hydrogen) atoms. The lowest BCUT2D eigenvalue weighted by molar-refractivity contribution is -0.135. The maximum absolute atomic E-state index is 13.2. The van der Waals surface area contributed by atoms with Gasteiger partial charge in [-0.25, -0.2) is 9.18 Å². The van der Waals surface area contributed by atoms with Crippen molar-refractivity contribution in [2.75, 3.05) is 13.7 Å². The van der Waals surface area contributed by atoms with Crippen molar-refractivity contribution in [2.45, 2.75) is 38.1 Å². The molecule has 1 aromatic carbocycles. The molecule has 1 aromatic heterocycles. The summed E-state index contributed by atoms with van der Waals surface area (Å²) >= 11 is 1.24. The van der Waals surface area contributed by atoms with Crippen LogP contribution in [-0.4, -0.2) is 36.5 Å². The SMILES string of the molecule is CN(C(=O)COC(=O)c1cc2cc(F)ccc2s1)C1CCCCC1. The molecule has 2 aromatic rings. The first-order valence-corrected chi connectivity index (χ1v) is 8.98. The van der Waals surface area contributed by atoms with Crippen molar-refractivity contribution < 1.29 is 18.7 Å². The highest BCUT2D eigenvalue weighted by atomic mass is 32.1. The van der Waals surface area contributed by atoms with E-state index in [4.69, 9.17) is 4.74 Å². The summed E-state index contributed by atoms with van der Waals surface area (Å²) in [5.74, 6) is -1.06. The third kappa shape index (κ3) is 3.75. The lowest BCUT2D eigenvalue weighted by Crippen LogP contribution is -2.40. The summed E-state index contributed by atoms with van der Waals surface area (Å²) in [5, 5.41) is 0.664. The minimum Gasteiger partial charge on any atom is -0.451 e. The van der Waals surface area contributed by atoms with E-state index in [0.29, 0.717) is 10.3 Å². The number of halogens is 1. The van der Waals surface area contributed by atoms with Crippen molar-refractivity contribution in [1.29, 1.82) is 0 Å². The van der Waals surface area contributed by atoms with E-state index >= 15 is 0 Å². The van der Waals surface area contributed by atoms with Gasteiger partial charge in [0, 0.05) is 17.8 Å². The summed E-state index contributed by atoms with van der Waals surface area (Å²) in [6, 6.07) is 6.22. The molecule has 1 saturated carbocycles. The van der Waals surface area contributed by atoms with Crippen molar-refractivity contribution >= 4 is 33.3 Å². The van der Waals surface area contributed by atoms with Gasteiger partial charge in [0.1, 0.15) is 10.7 Å². The maximum atomic E-state index is 13.2. The second kappa shape index (κ2) is 7.30. The Morgan fingerprint density at radius 3 is 2.75 bits per heavy atom. The van der Waals surface area contributed by atoms with Gasteiger partial charge in [-0.15, -0.1) is 11.3 Å². The average molecular weight is 349 g/mol. The summed E-state index contributed by atoms with van der Waals surface area (Å²) < 4.78 is 19.2. The van der Waals surface area contributed by atoms with Crippen molar-refractivity contribution in [3.63, 3.8) is 0 Å². The molecule has 0 unspecified atom stereocenters. The minimum atomic E-state index is -0.540. The number of amides is 1. The first-order valence-electron chi connectivity index (χ1n) is 8.16. The minimum absolute atomic E-state index is 0.178. The summed E-state index contributed by atoms with van der Waals surface area (Å²) in [7, 11) is 1.77. The molecular formula is C18H20FNO3S. The lowest BCUT2D eigenvalue weighted by Gasteiger charge is -2.31. The number of esters is 1. The Bertz CT molecular complexity index is 752. The van der Waals surface area contributed by atoms with E-state index in [2.05, 4.69) is 0 Å². The number of carbonyl (C=O) groups excluding carboxylic acids is 2. The molecule has 4 nitrogen and oxygen atoms in total. The van der Waals surface area contributed by atoms with Crippen LogP contribution in [0.3, 0.4) is 0 Å². The Balaban J connectivity index is 1.58.